The molecule has 5 nitrogen and oxygen atoms in total. The highest BCUT2D eigenvalue weighted by atomic mass is 32.2. The number of thioether (sulfide) groups is 1. The maximum atomic E-state index is 6.09. The lowest BCUT2D eigenvalue weighted by Gasteiger charge is -2.06. The van der Waals surface area contributed by atoms with Crippen molar-refractivity contribution in [1.29, 1.82) is 0 Å². The normalized spacial score (nSPS) is 11.0. The Morgan fingerprint density at radius 1 is 0.880 bits per heavy atom. The molecule has 0 aliphatic heterocycles. The Morgan fingerprint density at radius 3 is 2.28 bits per heavy atom. The Balaban J connectivity index is 1.62. The first-order valence-electron chi connectivity index (χ1n) is 7.98. The maximum Gasteiger partial charge on any atom is 0.191 e. The van der Waals surface area contributed by atoms with Crippen molar-refractivity contribution in [2.45, 2.75) is 17.5 Å². The summed E-state index contributed by atoms with van der Waals surface area (Å²) in [7, 11) is 0. The second-order valence-corrected chi connectivity index (χ2v) is 6.64. The molecule has 0 aliphatic carbocycles. The van der Waals surface area contributed by atoms with Crippen molar-refractivity contribution in [2.24, 2.45) is 0 Å². The molecule has 4 aromatic rings. The Labute approximate surface area is 149 Å². The monoisotopic (exact) mass is 347 g/mol. The van der Waals surface area contributed by atoms with Crippen LogP contribution in [0.15, 0.2) is 72.1 Å². The van der Waals surface area contributed by atoms with Crippen LogP contribution >= 0.6 is 11.8 Å². The van der Waals surface area contributed by atoms with Gasteiger partial charge in [-0.3, -0.25) is 0 Å². The number of nitrogens with two attached hydrogens (primary N) is 1. The van der Waals surface area contributed by atoms with Gasteiger partial charge < -0.3 is 10.3 Å². The minimum atomic E-state index is 0.423. The highest BCUT2D eigenvalue weighted by Crippen LogP contribution is 2.24. The molecule has 2 aromatic heterocycles. The second kappa shape index (κ2) is 6.94. The van der Waals surface area contributed by atoms with Crippen LogP contribution in [0.3, 0.4) is 0 Å². The standard InChI is InChI=1S/C19H17N5S/c20-17-16-18(24(13-21-16)11-14-7-3-1-4-8-14)23-19(22-17)25-12-15-9-5-2-6-10-15/h1-10,13H,11-12H2,(H2,20,22,23). The van der Waals surface area contributed by atoms with Gasteiger partial charge in [-0.15, -0.1) is 0 Å². The lowest BCUT2D eigenvalue weighted by molar-refractivity contribution is 0.804. The van der Waals surface area contributed by atoms with Crippen molar-refractivity contribution < 1.29 is 0 Å². The molecule has 0 fully saturated rings. The van der Waals surface area contributed by atoms with Gasteiger partial charge in [0.25, 0.3) is 0 Å². The van der Waals surface area contributed by atoms with Gasteiger partial charge in [0.05, 0.1) is 12.9 Å². The number of nitrogens with zero attached hydrogens (tertiary/aromatic N) is 4. The summed E-state index contributed by atoms with van der Waals surface area (Å²) in [5.74, 6) is 1.23. The van der Waals surface area contributed by atoms with Crippen LogP contribution in [0.5, 0.6) is 0 Å². The van der Waals surface area contributed by atoms with Crippen LogP contribution in [0.4, 0.5) is 5.82 Å². The molecule has 0 spiro atoms. The maximum absolute atomic E-state index is 6.09. The summed E-state index contributed by atoms with van der Waals surface area (Å²) in [5.41, 5.74) is 9.94. The van der Waals surface area contributed by atoms with Gasteiger partial charge in [0.1, 0.15) is 5.52 Å². The van der Waals surface area contributed by atoms with Gasteiger partial charge in [-0.05, 0) is 11.1 Å². The Bertz CT molecular complexity index is 983. The molecule has 25 heavy (non-hydrogen) atoms. The van der Waals surface area contributed by atoms with Crippen molar-refractivity contribution in [3.8, 4) is 0 Å². The van der Waals surface area contributed by atoms with E-state index in [4.69, 9.17) is 5.73 Å². The summed E-state index contributed by atoms with van der Waals surface area (Å²) in [4.78, 5) is 13.4. The minimum Gasteiger partial charge on any atom is -0.382 e. The molecule has 0 amide bonds. The SMILES string of the molecule is Nc1nc(SCc2ccccc2)nc2c1ncn2Cc1ccccc1. The lowest BCUT2D eigenvalue weighted by atomic mass is 10.2. The van der Waals surface area contributed by atoms with Crippen LogP contribution in [0.1, 0.15) is 11.1 Å². The number of rotatable bonds is 5. The van der Waals surface area contributed by atoms with E-state index in [9.17, 15) is 0 Å². The smallest absolute Gasteiger partial charge is 0.191 e. The first-order valence-corrected chi connectivity index (χ1v) is 8.97. The highest BCUT2D eigenvalue weighted by molar-refractivity contribution is 7.98. The van der Waals surface area contributed by atoms with Crippen LogP contribution in [-0.4, -0.2) is 19.5 Å². The van der Waals surface area contributed by atoms with Gasteiger partial charge >= 0.3 is 0 Å². The zero-order valence-corrected chi connectivity index (χ0v) is 14.4. The molecule has 0 saturated carbocycles. The van der Waals surface area contributed by atoms with E-state index in [2.05, 4.69) is 39.2 Å². The van der Waals surface area contributed by atoms with E-state index < -0.39 is 0 Å². The molecule has 6 heteroatoms. The van der Waals surface area contributed by atoms with E-state index >= 15 is 0 Å². The van der Waals surface area contributed by atoms with E-state index in [1.165, 1.54) is 11.1 Å². The summed E-state index contributed by atoms with van der Waals surface area (Å²) in [5, 5.41) is 0.670. The number of hydrogen-bond acceptors (Lipinski definition) is 5. The molecule has 2 aromatic carbocycles. The third-order valence-electron chi connectivity index (χ3n) is 3.88. The zero-order chi connectivity index (χ0) is 17.1. The van der Waals surface area contributed by atoms with E-state index in [0.717, 1.165) is 11.4 Å². The fourth-order valence-electron chi connectivity index (χ4n) is 2.63. The molecule has 0 bridgehead atoms. The topological polar surface area (TPSA) is 69.6 Å². The van der Waals surface area contributed by atoms with Gasteiger partial charge in [-0.1, -0.05) is 72.4 Å². The molecule has 124 valence electrons. The number of aromatic nitrogens is 4. The van der Waals surface area contributed by atoms with Gasteiger partial charge in [-0.25, -0.2) is 15.0 Å². The number of anilines is 1. The van der Waals surface area contributed by atoms with E-state index in [1.54, 1.807) is 18.1 Å². The molecule has 2 N–H and O–H groups in total. The third kappa shape index (κ3) is 3.49. The van der Waals surface area contributed by atoms with Gasteiger partial charge in [0.15, 0.2) is 16.6 Å². The van der Waals surface area contributed by atoms with E-state index in [0.29, 0.717) is 23.0 Å². The Morgan fingerprint density at radius 2 is 1.56 bits per heavy atom. The van der Waals surface area contributed by atoms with Crippen molar-refractivity contribution in [1.82, 2.24) is 19.5 Å². The quantitative estimate of drug-likeness (QED) is 0.440. The third-order valence-corrected chi connectivity index (χ3v) is 4.80. The zero-order valence-electron chi connectivity index (χ0n) is 13.5. The summed E-state index contributed by atoms with van der Waals surface area (Å²) < 4.78 is 2.01. The van der Waals surface area contributed by atoms with Crippen molar-refractivity contribution in [3.63, 3.8) is 0 Å². The summed E-state index contributed by atoms with van der Waals surface area (Å²) in [6.07, 6.45) is 1.77. The predicted octanol–water partition coefficient (Wildman–Crippen LogP) is 3.75. The fourth-order valence-corrected chi connectivity index (χ4v) is 3.43. The highest BCUT2D eigenvalue weighted by Gasteiger charge is 2.12. The average Bonchev–Trinajstić information content (AvgIpc) is 3.05. The van der Waals surface area contributed by atoms with Crippen LogP contribution < -0.4 is 5.73 Å². The van der Waals surface area contributed by atoms with E-state index in [1.807, 2.05) is 41.0 Å². The van der Waals surface area contributed by atoms with Crippen molar-refractivity contribution in [2.75, 3.05) is 5.73 Å². The first kappa shape index (κ1) is 15.7. The largest absolute Gasteiger partial charge is 0.382 e. The predicted molar refractivity (Wildman–Crippen MR) is 101 cm³/mol. The fraction of sp³-hybridized carbons (Fsp3) is 0.105. The molecule has 0 atom stereocenters. The second-order valence-electron chi connectivity index (χ2n) is 5.70. The van der Waals surface area contributed by atoms with Crippen molar-refractivity contribution in [3.05, 3.63) is 78.1 Å². The Kier molecular flexibility index (Phi) is 4.35. The summed E-state index contributed by atoms with van der Waals surface area (Å²) >= 11 is 1.58. The van der Waals surface area contributed by atoms with Crippen LogP contribution in [0.25, 0.3) is 11.2 Å². The molecule has 2 heterocycles. The minimum absolute atomic E-state index is 0.423. The molecule has 0 aliphatic rings. The molecule has 0 radical (unpaired) electrons. The van der Waals surface area contributed by atoms with Gasteiger partial charge in [0, 0.05) is 5.75 Å². The summed E-state index contributed by atoms with van der Waals surface area (Å²) in [6.45, 7) is 0.705. The molecule has 0 unspecified atom stereocenters. The van der Waals surface area contributed by atoms with E-state index in [-0.39, 0.29) is 0 Å². The summed E-state index contributed by atoms with van der Waals surface area (Å²) in [6, 6.07) is 20.5. The van der Waals surface area contributed by atoms with Crippen LogP contribution in [0, 0.1) is 0 Å². The lowest BCUT2D eigenvalue weighted by Crippen LogP contribution is -2.02. The molecular weight excluding hydrogens is 330 g/mol. The van der Waals surface area contributed by atoms with Gasteiger partial charge in [0.2, 0.25) is 0 Å². The first-order chi connectivity index (χ1) is 12.3. The van der Waals surface area contributed by atoms with Gasteiger partial charge in [-0.2, -0.15) is 0 Å². The Hall–Kier alpha value is -2.86. The van der Waals surface area contributed by atoms with Crippen LogP contribution in [-0.2, 0) is 12.3 Å². The number of benzene rings is 2. The number of hydrogen-bond donors (Lipinski definition) is 1. The molecule has 0 saturated heterocycles. The number of fused-ring (bicyclic) bond motifs is 1. The average molecular weight is 347 g/mol. The number of imidazole rings is 1. The molecular formula is C19H17N5S. The molecule has 4 rings (SSSR count). The van der Waals surface area contributed by atoms with Crippen molar-refractivity contribution >= 4 is 28.7 Å². The van der Waals surface area contributed by atoms with Crippen LogP contribution in [0.2, 0.25) is 0 Å². The number of nitrogen functional groups attached to an aromatic ring is 1.